The molecule has 0 saturated carbocycles. The smallest absolute Gasteiger partial charge is 0.320 e. The number of amides is 2. The van der Waals surface area contributed by atoms with Gasteiger partial charge in [0.1, 0.15) is 5.82 Å². The molecule has 1 aliphatic rings. The summed E-state index contributed by atoms with van der Waals surface area (Å²) in [6, 6.07) is 3.48. The van der Waals surface area contributed by atoms with Gasteiger partial charge in [0.25, 0.3) is 0 Å². The van der Waals surface area contributed by atoms with Gasteiger partial charge >= 0.3 is 6.03 Å². The lowest BCUT2D eigenvalue weighted by Crippen LogP contribution is -2.47. The minimum Gasteiger partial charge on any atom is -0.338 e. The number of aromatic nitrogens is 4. The van der Waals surface area contributed by atoms with Crippen LogP contribution in [0.2, 0.25) is 0 Å². The van der Waals surface area contributed by atoms with E-state index in [0.29, 0.717) is 12.4 Å². The molecule has 9 nitrogen and oxygen atoms in total. The van der Waals surface area contributed by atoms with Crippen LogP contribution in [0.25, 0.3) is 0 Å². The van der Waals surface area contributed by atoms with E-state index in [1.165, 1.54) is 0 Å². The maximum absolute atomic E-state index is 11.9. The zero-order valence-electron chi connectivity index (χ0n) is 15.4. The van der Waals surface area contributed by atoms with Crippen LogP contribution in [0.1, 0.15) is 12.1 Å². The average molecular weight is 358 g/mol. The van der Waals surface area contributed by atoms with Gasteiger partial charge in [0, 0.05) is 58.2 Å². The zero-order chi connectivity index (χ0) is 18.4. The predicted octanol–water partition coefficient (Wildman–Crippen LogP) is 0.852. The third-order valence-electron chi connectivity index (χ3n) is 4.39. The molecule has 2 N–H and O–H groups in total. The molecule has 3 heterocycles. The minimum atomic E-state index is -0.195. The molecule has 0 unspecified atom stereocenters. The highest BCUT2D eigenvalue weighted by molar-refractivity contribution is 5.88. The van der Waals surface area contributed by atoms with Crippen molar-refractivity contribution in [3.8, 4) is 0 Å². The second kappa shape index (κ2) is 8.61. The Hall–Kier alpha value is -2.68. The highest BCUT2D eigenvalue weighted by Gasteiger charge is 2.18. The predicted molar refractivity (Wildman–Crippen MR) is 100 cm³/mol. The molecule has 1 fully saturated rings. The summed E-state index contributed by atoms with van der Waals surface area (Å²) in [6.07, 6.45) is 4.47. The monoisotopic (exact) mass is 358 g/mol. The standard InChI is InChI=1S/C17H26N8O/c1-14-13-15(23(2)22-14)21-17(26)20-7-4-8-24-9-11-25(12-10-24)16-18-5-3-6-19-16/h3,5-6,13H,4,7-12H2,1-2H3,(H2,20,21,26). The fourth-order valence-corrected chi connectivity index (χ4v) is 3.02. The first-order valence-corrected chi connectivity index (χ1v) is 8.91. The molecule has 0 bridgehead atoms. The van der Waals surface area contributed by atoms with Crippen molar-refractivity contribution >= 4 is 17.8 Å². The van der Waals surface area contributed by atoms with Crippen LogP contribution in [-0.4, -0.2) is 69.9 Å². The number of carbonyl (C=O) groups is 1. The van der Waals surface area contributed by atoms with E-state index >= 15 is 0 Å². The van der Waals surface area contributed by atoms with Crippen molar-refractivity contribution in [1.29, 1.82) is 0 Å². The molecule has 0 aliphatic carbocycles. The lowest BCUT2D eigenvalue weighted by molar-refractivity contribution is 0.243. The van der Waals surface area contributed by atoms with Gasteiger partial charge < -0.3 is 10.2 Å². The molecule has 2 aromatic heterocycles. The topological polar surface area (TPSA) is 91.2 Å². The van der Waals surface area contributed by atoms with E-state index < -0.39 is 0 Å². The van der Waals surface area contributed by atoms with Crippen molar-refractivity contribution < 1.29 is 4.79 Å². The summed E-state index contributed by atoms with van der Waals surface area (Å²) in [6.45, 7) is 7.33. The van der Waals surface area contributed by atoms with Crippen molar-refractivity contribution in [2.45, 2.75) is 13.3 Å². The first-order valence-electron chi connectivity index (χ1n) is 8.91. The zero-order valence-corrected chi connectivity index (χ0v) is 15.4. The first kappa shape index (κ1) is 18.1. The molecule has 0 radical (unpaired) electrons. The number of nitrogens with zero attached hydrogens (tertiary/aromatic N) is 6. The number of urea groups is 1. The van der Waals surface area contributed by atoms with Crippen LogP contribution < -0.4 is 15.5 Å². The fourth-order valence-electron chi connectivity index (χ4n) is 3.02. The normalized spacial score (nSPS) is 15.1. The summed E-state index contributed by atoms with van der Waals surface area (Å²) in [5, 5.41) is 9.91. The molecule has 0 spiro atoms. The highest BCUT2D eigenvalue weighted by atomic mass is 16.2. The molecule has 140 valence electrons. The average Bonchev–Trinajstić information content (AvgIpc) is 2.97. The van der Waals surface area contributed by atoms with Gasteiger partial charge in [-0.2, -0.15) is 5.10 Å². The van der Waals surface area contributed by atoms with Crippen molar-refractivity contribution in [2.24, 2.45) is 7.05 Å². The van der Waals surface area contributed by atoms with Gasteiger partial charge in [0.05, 0.1) is 5.69 Å². The second-order valence-corrected chi connectivity index (χ2v) is 6.41. The summed E-state index contributed by atoms with van der Waals surface area (Å²) in [4.78, 5) is 25.1. The Morgan fingerprint density at radius 1 is 1.19 bits per heavy atom. The summed E-state index contributed by atoms with van der Waals surface area (Å²) < 4.78 is 1.66. The lowest BCUT2D eigenvalue weighted by atomic mass is 10.3. The third-order valence-corrected chi connectivity index (χ3v) is 4.39. The van der Waals surface area contributed by atoms with Gasteiger partial charge in [-0.1, -0.05) is 0 Å². The van der Waals surface area contributed by atoms with Crippen molar-refractivity contribution in [2.75, 3.05) is 49.5 Å². The molecule has 2 amide bonds. The molecule has 2 aromatic rings. The van der Waals surface area contributed by atoms with E-state index in [9.17, 15) is 4.79 Å². The molecule has 0 aromatic carbocycles. The maximum atomic E-state index is 11.9. The van der Waals surface area contributed by atoms with Gasteiger partial charge in [0.15, 0.2) is 0 Å². The maximum Gasteiger partial charge on any atom is 0.320 e. The fraction of sp³-hybridized carbons (Fsp3) is 0.529. The minimum absolute atomic E-state index is 0.195. The van der Waals surface area contributed by atoms with E-state index in [4.69, 9.17) is 0 Å². The summed E-state index contributed by atoms with van der Waals surface area (Å²) in [7, 11) is 1.81. The molecule has 1 aliphatic heterocycles. The van der Waals surface area contributed by atoms with E-state index in [0.717, 1.165) is 50.8 Å². The number of aryl methyl sites for hydroxylation is 2. The number of carbonyl (C=O) groups excluding carboxylic acids is 1. The number of hydrogen-bond donors (Lipinski definition) is 2. The summed E-state index contributed by atoms with van der Waals surface area (Å²) in [5.74, 6) is 1.50. The SMILES string of the molecule is Cc1cc(NC(=O)NCCCN2CCN(c3ncccn3)CC2)n(C)n1. The molecule has 26 heavy (non-hydrogen) atoms. The van der Waals surface area contributed by atoms with E-state index in [1.807, 2.05) is 26.1 Å². The third kappa shape index (κ3) is 4.92. The second-order valence-electron chi connectivity index (χ2n) is 6.41. The van der Waals surface area contributed by atoms with Crippen LogP contribution in [0.5, 0.6) is 0 Å². The number of anilines is 2. The Balaban J connectivity index is 1.31. The molecular weight excluding hydrogens is 332 g/mol. The van der Waals surface area contributed by atoms with E-state index in [2.05, 4.69) is 35.5 Å². The van der Waals surface area contributed by atoms with Crippen LogP contribution in [0.4, 0.5) is 16.6 Å². The highest BCUT2D eigenvalue weighted by Crippen LogP contribution is 2.10. The summed E-state index contributed by atoms with van der Waals surface area (Å²) >= 11 is 0. The van der Waals surface area contributed by atoms with Crippen LogP contribution in [0.3, 0.4) is 0 Å². The van der Waals surface area contributed by atoms with Crippen LogP contribution in [0.15, 0.2) is 24.5 Å². The van der Waals surface area contributed by atoms with Gasteiger partial charge in [-0.05, 0) is 26.0 Å². The molecular formula is C17H26N8O. The van der Waals surface area contributed by atoms with Gasteiger partial charge in [-0.3, -0.25) is 14.9 Å². The van der Waals surface area contributed by atoms with Crippen molar-refractivity contribution in [1.82, 2.24) is 30.0 Å². The van der Waals surface area contributed by atoms with Crippen molar-refractivity contribution in [3.63, 3.8) is 0 Å². The molecule has 0 atom stereocenters. The van der Waals surface area contributed by atoms with E-state index in [1.54, 1.807) is 17.1 Å². The van der Waals surface area contributed by atoms with Gasteiger partial charge in [-0.15, -0.1) is 0 Å². The Labute approximate surface area is 153 Å². The molecule has 9 heteroatoms. The molecule has 3 rings (SSSR count). The lowest BCUT2D eigenvalue weighted by Gasteiger charge is -2.34. The number of nitrogens with one attached hydrogen (secondary N) is 2. The Kier molecular flexibility index (Phi) is 6.00. The summed E-state index contributed by atoms with van der Waals surface area (Å²) in [5.41, 5.74) is 0.878. The largest absolute Gasteiger partial charge is 0.338 e. The number of piperazine rings is 1. The Bertz CT molecular complexity index is 709. The van der Waals surface area contributed by atoms with Crippen molar-refractivity contribution in [3.05, 3.63) is 30.2 Å². The quantitative estimate of drug-likeness (QED) is 0.744. The van der Waals surface area contributed by atoms with Crippen LogP contribution in [0, 0.1) is 6.92 Å². The Morgan fingerprint density at radius 3 is 2.58 bits per heavy atom. The number of hydrogen-bond acceptors (Lipinski definition) is 6. The first-order chi connectivity index (χ1) is 12.6. The number of rotatable bonds is 6. The van der Waals surface area contributed by atoms with Gasteiger partial charge in [-0.25, -0.2) is 14.8 Å². The van der Waals surface area contributed by atoms with E-state index in [-0.39, 0.29) is 6.03 Å². The Morgan fingerprint density at radius 2 is 1.92 bits per heavy atom. The van der Waals surface area contributed by atoms with Gasteiger partial charge in [0.2, 0.25) is 5.95 Å². The van der Waals surface area contributed by atoms with Crippen LogP contribution >= 0.6 is 0 Å². The van der Waals surface area contributed by atoms with Crippen LogP contribution in [-0.2, 0) is 7.05 Å². The molecule has 1 saturated heterocycles.